The van der Waals surface area contributed by atoms with Crippen molar-refractivity contribution < 1.29 is 4.79 Å². The molecule has 0 aromatic carbocycles. The second-order valence-electron chi connectivity index (χ2n) is 6.54. The fourth-order valence-corrected chi connectivity index (χ4v) is 3.04. The maximum absolute atomic E-state index is 12.4. The minimum absolute atomic E-state index is 0.0283. The van der Waals surface area contributed by atoms with E-state index in [-0.39, 0.29) is 5.91 Å². The highest BCUT2D eigenvalue weighted by atomic mass is 16.2. The van der Waals surface area contributed by atoms with Crippen molar-refractivity contribution in [3.05, 3.63) is 30.1 Å². The van der Waals surface area contributed by atoms with E-state index in [9.17, 15) is 4.79 Å². The molecule has 1 aliphatic rings. The lowest BCUT2D eigenvalue weighted by atomic mass is 10.2. The van der Waals surface area contributed by atoms with E-state index in [0.29, 0.717) is 11.6 Å². The summed E-state index contributed by atoms with van der Waals surface area (Å²) >= 11 is 0. The third-order valence-electron chi connectivity index (χ3n) is 4.40. The molecule has 1 saturated heterocycles. The van der Waals surface area contributed by atoms with Crippen LogP contribution in [-0.2, 0) is 13.6 Å². The van der Waals surface area contributed by atoms with Gasteiger partial charge in [0.05, 0.1) is 6.20 Å². The standard InChI is InChI=1S/C16H25N7O/c1-13(2)15-17-4-5-22(15)9-6-21-7-10-23(11-8-21)16(24)14-12-20(3)19-18-14/h4-5,12-13H,6-11H2,1-3H3. The Labute approximate surface area is 142 Å². The minimum atomic E-state index is -0.0283. The third-order valence-corrected chi connectivity index (χ3v) is 4.40. The Kier molecular flexibility index (Phi) is 4.94. The number of aryl methyl sites for hydroxylation is 1. The van der Waals surface area contributed by atoms with Crippen molar-refractivity contribution in [3.8, 4) is 0 Å². The van der Waals surface area contributed by atoms with Crippen LogP contribution in [0.5, 0.6) is 0 Å². The molecule has 0 bridgehead atoms. The Bertz CT molecular complexity index is 682. The van der Waals surface area contributed by atoms with Gasteiger partial charge in [-0.25, -0.2) is 4.98 Å². The molecule has 0 N–H and O–H groups in total. The highest BCUT2D eigenvalue weighted by Gasteiger charge is 2.23. The van der Waals surface area contributed by atoms with Crippen LogP contribution in [0, 0.1) is 0 Å². The van der Waals surface area contributed by atoms with Gasteiger partial charge in [-0.15, -0.1) is 5.10 Å². The molecule has 0 atom stereocenters. The maximum Gasteiger partial charge on any atom is 0.276 e. The first-order valence-electron chi connectivity index (χ1n) is 8.43. The number of hydrogen-bond donors (Lipinski definition) is 0. The van der Waals surface area contributed by atoms with E-state index in [1.165, 1.54) is 0 Å². The largest absolute Gasteiger partial charge is 0.335 e. The van der Waals surface area contributed by atoms with Crippen LogP contribution < -0.4 is 0 Å². The number of carbonyl (C=O) groups excluding carboxylic acids is 1. The molecule has 130 valence electrons. The van der Waals surface area contributed by atoms with Crippen LogP contribution in [0.1, 0.15) is 36.1 Å². The Balaban J connectivity index is 1.48. The Morgan fingerprint density at radius 2 is 1.96 bits per heavy atom. The average Bonchev–Trinajstić information content (AvgIpc) is 3.21. The third kappa shape index (κ3) is 3.64. The second-order valence-corrected chi connectivity index (χ2v) is 6.54. The molecule has 0 saturated carbocycles. The summed E-state index contributed by atoms with van der Waals surface area (Å²) in [5, 5.41) is 7.73. The summed E-state index contributed by atoms with van der Waals surface area (Å²) in [5.41, 5.74) is 0.422. The molecule has 1 fully saturated rings. The first-order chi connectivity index (χ1) is 11.5. The zero-order valence-corrected chi connectivity index (χ0v) is 14.6. The lowest BCUT2D eigenvalue weighted by Crippen LogP contribution is -2.49. The molecule has 8 nitrogen and oxygen atoms in total. The van der Waals surface area contributed by atoms with Gasteiger partial charge < -0.3 is 9.47 Å². The van der Waals surface area contributed by atoms with E-state index in [1.54, 1.807) is 17.9 Å². The second kappa shape index (κ2) is 7.12. The molecule has 3 rings (SSSR count). The summed E-state index contributed by atoms with van der Waals surface area (Å²) in [6.45, 7) is 9.47. The van der Waals surface area contributed by atoms with E-state index >= 15 is 0 Å². The van der Waals surface area contributed by atoms with Gasteiger partial charge in [-0.05, 0) is 0 Å². The molecule has 1 aliphatic heterocycles. The van der Waals surface area contributed by atoms with Gasteiger partial charge >= 0.3 is 0 Å². The first kappa shape index (κ1) is 16.6. The number of aromatic nitrogens is 5. The van der Waals surface area contributed by atoms with Crippen LogP contribution in [0.3, 0.4) is 0 Å². The van der Waals surface area contributed by atoms with Gasteiger partial charge in [0.1, 0.15) is 5.82 Å². The number of hydrogen-bond acceptors (Lipinski definition) is 5. The molecule has 2 aromatic heterocycles. The number of amides is 1. The van der Waals surface area contributed by atoms with Crippen molar-refractivity contribution >= 4 is 5.91 Å². The first-order valence-corrected chi connectivity index (χ1v) is 8.43. The van der Waals surface area contributed by atoms with E-state index in [1.807, 2.05) is 17.3 Å². The monoisotopic (exact) mass is 331 g/mol. The van der Waals surface area contributed by atoms with E-state index in [4.69, 9.17) is 0 Å². The quantitative estimate of drug-likeness (QED) is 0.802. The molecule has 0 aliphatic carbocycles. The highest BCUT2D eigenvalue weighted by molar-refractivity contribution is 5.92. The Morgan fingerprint density at radius 1 is 1.21 bits per heavy atom. The minimum Gasteiger partial charge on any atom is -0.335 e. The van der Waals surface area contributed by atoms with Crippen molar-refractivity contribution in [3.63, 3.8) is 0 Å². The van der Waals surface area contributed by atoms with Crippen molar-refractivity contribution in [2.75, 3.05) is 32.7 Å². The van der Waals surface area contributed by atoms with Gasteiger partial charge in [-0.3, -0.25) is 14.4 Å². The van der Waals surface area contributed by atoms with Crippen LogP contribution in [0.25, 0.3) is 0 Å². The predicted molar refractivity (Wildman–Crippen MR) is 89.7 cm³/mol. The van der Waals surface area contributed by atoms with Crippen LogP contribution in [0.2, 0.25) is 0 Å². The molecular formula is C16H25N7O. The smallest absolute Gasteiger partial charge is 0.276 e. The Hall–Kier alpha value is -2.22. The van der Waals surface area contributed by atoms with Gasteiger partial charge in [0.25, 0.3) is 5.91 Å². The zero-order chi connectivity index (χ0) is 17.1. The van der Waals surface area contributed by atoms with E-state index in [2.05, 4.69) is 38.6 Å². The molecule has 0 spiro atoms. The predicted octanol–water partition coefficient (Wildman–Crippen LogP) is 0.593. The average molecular weight is 331 g/mol. The summed E-state index contributed by atoms with van der Waals surface area (Å²) in [6.07, 6.45) is 5.58. The summed E-state index contributed by atoms with van der Waals surface area (Å²) in [4.78, 5) is 21.0. The molecule has 2 aromatic rings. The van der Waals surface area contributed by atoms with Crippen molar-refractivity contribution in [1.82, 2.24) is 34.3 Å². The van der Waals surface area contributed by atoms with Crippen molar-refractivity contribution in [2.45, 2.75) is 26.3 Å². The summed E-state index contributed by atoms with van der Waals surface area (Å²) in [5.74, 6) is 1.53. The lowest BCUT2D eigenvalue weighted by Gasteiger charge is -2.34. The summed E-state index contributed by atoms with van der Waals surface area (Å²) in [7, 11) is 1.77. The van der Waals surface area contributed by atoms with Gasteiger partial charge in [-0.1, -0.05) is 19.1 Å². The lowest BCUT2D eigenvalue weighted by molar-refractivity contribution is 0.0627. The Morgan fingerprint density at radius 3 is 2.58 bits per heavy atom. The number of nitrogens with zero attached hydrogens (tertiary/aromatic N) is 7. The van der Waals surface area contributed by atoms with Crippen LogP contribution >= 0.6 is 0 Å². The number of piperazine rings is 1. The van der Waals surface area contributed by atoms with Gasteiger partial charge in [0.2, 0.25) is 0 Å². The molecule has 1 amide bonds. The SMILES string of the molecule is CC(C)c1nccn1CCN1CCN(C(=O)c2cn(C)nn2)CC1. The molecule has 0 radical (unpaired) electrons. The van der Waals surface area contributed by atoms with Crippen LogP contribution in [-0.4, -0.2) is 73.0 Å². The highest BCUT2D eigenvalue weighted by Crippen LogP contribution is 2.12. The fourth-order valence-electron chi connectivity index (χ4n) is 3.04. The molecular weight excluding hydrogens is 306 g/mol. The number of carbonyl (C=O) groups is 1. The summed E-state index contributed by atoms with van der Waals surface area (Å²) < 4.78 is 3.78. The number of imidazole rings is 1. The van der Waals surface area contributed by atoms with Gasteiger partial charge in [-0.2, -0.15) is 0 Å². The zero-order valence-electron chi connectivity index (χ0n) is 14.6. The number of rotatable bonds is 5. The van der Waals surface area contributed by atoms with Gasteiger partial charge in [0, 0.05) is 64.6 Å². The van der Waals surface area contributed by atoms with E-state index < -0.39 is 0 Å². The summed E-state index contributed by atoms with van der Waals surface area (Å²) in [6, 6.07) is 0. The fraction of sp³-hybridized carbons (Fsp3) is 0.625. The molecule has 24 heavy (non-hydrogen) atoms. The topological polar surface area (TPSA) is 72.1 Å². The molecule has 8 heteroatoms. The molecule has 3 heterocycles. The van der Waals surface area contributed by atoms with Crippen molar-refractivity contribution in [1.29, 1.82) is 0 Å². The van der Waals surface area contributed by atoms with E-state index in [0.717, 1.165) is 45.1 Å². The van der Waals surface area contributed by atoms with Gasteiger partial charge in [0.15, 0.2) is 5.69 Å². The normalized spacial score (nSPS) is 16.1. The van der Waals surface area contributed by atoms with Crippen molar-refractivity contribution in [2.24, 2.45) is 7.05 Å². The van der Waals surface area contributed by atoms with Crippen LogP contribution in [0.15, 0.2) is 18.6 Å². The molecule has 0 unspecified atom stereocenters. The maximum atomic E-state index is 12.4. The van der Waals surface area contributed by atoms with Crippen LogP contribution in [0.4, 0.5) is 0 Å².